The van der Waals surface area contributed by atoms with Crippen molar-refractivity contribution in [2.75, 3.05) is 0 Å². The third-order valence-electron chi connectivity index (χ3n) is 2.51. The second kappa shape index (κ2) is 4.67. The normalized spacial score (nSPS) is 10.0. The van der Waals surface area contributed by atoms with Gasteiger partial charge in [-0.15, -0.1) is 0 Å². The number of benzene rings is 2. The first kappa shape index (κ1) is 10.5. The lowest BCUT2D eigenvalue weighted by molar-refractivity contribution is 0.513. The Labute approximate surface area is 95.7 Å². The van der Waals surface area contributed by atoms with Crippen molar-refractivity contribution in [3.05, 3.63) is 77.9 Å². The van der Waals surface area contributed by atoms with Crippen molar-refractivity contribution in [2.24, 2.45) is 0 Å². The lowest BCUT2D eigenvalue weighted by Gasteiger charge is -2.04. The first-order valence-electron chi connectivity index (χ1n) is 5.27. The molecule has 2 aromatic rings. The molecule has 0 aromatic heterocycles. The van der Waals surface area contributed by atoms with Crippen molar-refractivity contribution in [3.8, 4) is 0 Å². The van der Waals surface area contributed by atoms with E-state index in [2.05, 4.69) is 24.8 Å². The van der Waals surface area contributed by atoms with Gasteiger partial charge in [-0.25, -0.2) is 0 Å². The van der Waals surface area contributed by atoms with Crippen molar-refractivity contribution in [1.29, 1.82) is 0 Å². The average Bonchev–Trinajstić information content (AvgIpc) is 2.30. The summed E-state index contributed by atoms with van der Waals surface area (Å²) < 4.78 is 0. The Morgan fingerprint density at radius 2 is 1.62 bits per heavy atom. The zero-order valence-electron chi connectivity index (χ0n) is 9.06. The maximum Gasteiger partial charge on any atom is 0.115 e. The zero-order valence-corrected chi connectivity index (χ0v) is 9.06. The van der Waals surface area contributed by atoms with Crippen LogP contribution in [-0.2, 0) is 6.42 Å². The molecule has 80 valence electrons. The van der Waals surface area contributed by atoms with Crippen molar-refractivity contribution in [1.82, 2.24) is 0 Å². The molecule has 0 radical (unpaired) electrons. The molecule has 0 spiro atoms. The van der Waals surface area contributed by atoms with Crippen LogP contribution in [0.2, 0.25) is 0 Å². The Bertz CT molecular complexity index is 486. The van der Waals surface area contributed by atoms with E-state index in [9.17, 15) is 5.11 Å². The molecular weight excluding hydrogens is 196 g/mol. The zero-order chi connectivity index (χ0) is 11.4. The molecule has 0 aliphatic carbocycles. The molecule has 0 fully saturated rings. The van der Waals surface area contributed by atoms with Crippen molar-refractivity contribution in [2.45, 2.75) is 6.42 Å². The minimum Gasteiger partial charge on any atom is -0.508 e. The van der Waals surface area contributed by atoms with Gasteiger partial charge in [0.15, 0.2) is 0 Å². The van der Waals surface area contributed by atoms with Crippen molar-refractivity contribution >= 4 is 5.76 Å². The third kappa shape index (κ3) is 2.51. The Balaban J connectivity index is 2.22. The highest BCUT2D eigenvalue weighted by Gasteiger charge is 1.99. The molecule has 2 rings (SSSR count). The minimum absolute atomic E-state index is 0.120. The van der Waals surface area contributed by atoms with Gasteiger partial charge in [-0.3, -0.25) is 0 Å². The van der Waals surface area contributed by atoms with Crippen LogP contribution < -0.4 is 0 Å². The first-order valence-corrected chi connectivity index (χ1v) is 5.27. The molecule has 0 aliphatic rings. The van der Waals surface area contributed by atoms with Crippen LogP contribution >= 0.6 is 0 Å². The summed E-state index contributed by atoms with van der Waals surface area (Å²) in [5.74, 6) is 0.120. The highest BCUT2D eigenvalue weighted by molar-refractivity contribution is 5.56. The molecule has 0 bridgehead atoms. The van der Waals surface area contributed by atoms with Gasteiger partial charge in [-0.1, -0.05) is 55.1 Å². The van der Waals surface area contributed by atoms with Crippen LogP contribution in [0.1, 0.15) is 16.7 Å². The van der Waals surface area contributed by atoms with Gasteiger partial charge in [0.1, 0.15) is 5.76 Å². The lowest BCUT2D eigenvalue weighted by Crippen LogP contribution is -1.89. The van der Waals surface area contributed by atoms with E-state index >= 15 is 0 Å². The molecule has 1 heteroatoms. The molecule has 0 heterocycles. The van der Waals surface area contributed by atoms with E-state index in [0.29, 0.717) is 0 Å². The van der Waals surface area contributed by atoms with Crippen LogP contribution in [0.3, 0.4) is 0 Å². The third-order valence-corrected chi connectivity index (χ3v) is 2.51. The number of hydrogen-bond acceptors (Lipinski definition) is 1. The Morgan fingerprint density at radius 1 is 0.938 bits per heavy atom. The predicted molar refractivity (Wildman–Crippen MR) is 67.4 cm³/mol. The minimum atomic E-state index is 0.120. The Hall–Kier alpha value is -2.02. The van der Waals surface area contributed by atoms with Gasteiger partial charge < -0.3 is 5.11 Å². The second-order valence-electron chi connectivity index (χ2n) is 3.81. The fourth-order valence-electron chi connectivity index (χ4n) is 1.69. The number of aliphatic hydroxyl groups is 1. The fraction of sp³-hybridized carbons (Fsp3) is 0.0667. The van der Waals surface area contributed by atoms with Crippen LogP contribution in [-0.4, -0.2) is 5.11 Å². The van der Waals surface area contributed by atoms with E-state index in [1.807, 2.05) is 36.4 Å². The van der Waals surface area contributed by atoms with Gasteiger partial charge in [-0.2, -0.15) is 0 Å². The molecular formula is C15H14O. The van der Waals surface area contributed by atoms with E-state index in [1.165, 1.54) is 11.1 Å². The van der Waals surface area contributed by atoms with Crippen LogP contribution in [0.25, 0.3) is 5.76 Å². The molecule has 1 nitrogen and oxygen atoms in total. The Kier molecular flexibility index (Phi) is 3.06. The summed E-state index contributed by atoms with van der Waals surface area (Å²) in [7, 11) is 0. The van der Waals surface area contributed by atoms with E-state index in [0.717, 1.165) is 12.0 Å². The summed E-state index contributed by atoms with van der Waals surface area (Å²) in [6.07, 6.45) is 0.877. The van der Waals surface area contributed by atoms with Gasteiger partial charge in [0.2, 0.25) is 0 Å². The van der Waals surface area contributed by atoms with E-state index in [4.69, 9.17) is 0 Å². The van der Waals surface area contributed by atoms with E-state index in [1.54, 1.807) is 0 Å². The summed E-state index contributed by atoms with van der Waals surface area (Å²) in [6.45, 7) is 3.53. The first-order chi connectivity index (χ1) is 7.75. The number of rotatable bonds is 3. The van der Waals surface area contributed by atoms with Gasteiger partial charge in [0, 0.05) is 5.56 Å². The average molecular weight is 210 g/mol. The molecule has 1 N–H and O–H groups in total. The van der Waals surface area contributed by atoms with E-state index < -0.39 is 0 Å². The topological polar surface area (TPSA) is 20.2 Å². The molecule has 0 amide bonds. The monoisotopic (exact) mass is 210 g/mol. The predicted octanol–water partition coefficient (Wildman–Crippen LogP) is 3.81. The SMILES string of the molecule is C=C(O)c1cccc(Cc2ccccc2)c1. The maximum atomic E-state index is 9.32. The quantitative estimate of drug-likeness (QED) is 0.764. The summed E-state index contributed by atoms with van der Waals surface area (Å²) in [4.78, 5) is 0. The van der Waals surface area contributed by atoms with Crippen LogP contribution in [0.5, 0.6) is 0 Å². The summed E-state index contributed by atoms with van der Waals surface area (Å²) >= 11 is 0. The van der Waals surface area contributed by atoms with Crippen LogP contribution in [0.4, 0.5) is 0 Å². The summed E-state index contributed by atoms with van der Waals surface area (Å²) in [5, 5.41) is 9.32. The number of hydrogen-bond donors (Lipinski definition) is 1. The van der Waals surface area contributed by atoms with Gasteiger partial charge in [0.25, 0.3) is 0 Å². The van der Waals surface area contributed by atoms with Crippen LogP contribution in [0, 0.1) is 0 Å². The fourth-order valence-corrected chi connectivity index (χ4v) is 1.69. The molecule has 2 aromatic carbocycles. The molecule has 0 saturated carbocycles. The molecule has 0 unspecified atom stereocenters. The summed E-state index contributed by atoms with van der Waals surface area (Å²) in [6, 6.07) is 18.1. The number of aliphatic hydroxyl groups excluding tert-OH is 1. The molecule has 0 atom stereocenters. The molecule has 0 saturated heterocycles. The van der Waals surface area contributed by atoms with Gasteiger partial charge in [-0.05, 0) is 23.6 Å². The van der Waals surface area contributed by atoms with Crippen LogP contribution in [0.15, 0.2) is 61.2 Å². The Morgan fingerprint density at radius 3 is 2.31 bits per heavy atom. The smallest absolute Gasteiger partial charge is 0.115 e. The van der Waals surface area contributed by atoms with Gasteiger partial charge in [0.05, 0.1) is 0 Å². The van der Waals surface area contributed by atoms with Gasteiger partial charge >= 0.3 is 0 Å². The summed E-state index contributed by atoms with van der Waals surface area (Å²) in [5.41, 5.74) is 3.23. The van der Waals surface area contributed by atoms with E-state index in [-0.39, 0.29) is 5.76 Å². The second-order valence-corrected chi connectivity index (χ2v) is 3.81. The standard InChI is InChI=1S/C15H14O/c1-12(16)15-9-5-8-14(11-15)10-13-6-3-2-4-7-13/h2-9,11,16H,1,10H2. The highest BCUT2D eigenvalue weighted by Crippen LogP contribution is 2.14. The maximum absolute atomic E-state index is 9.32. The van der Waals surface area contributed by atoms with Crippen molar-refractivity contribution < 1.29 is 5.11 Å². The van der Waals surface area contributed by atoms with Crippen molar-refractivity contribution in [3.63, 3.8) is 0 Å². The highest BCUT2D eigenvalue weighted by atomic mass is 16.3. The molecule has 16 heavy (non-hydrogen) atoms. The lowest BCUT2D eigenvalue weighted by atomic mass is 10.0. The largest absolute Gasteiger partial charge is 0.508 e. The molecule has 0 aliphatic heterocycles.